The van der Waals surface area contributed by atoms with Gasteiger partial charge in [-0.3, -0.25) is 9.59 Å². The van der Waals surface area contributed by atoms with Crippen molar-refractivity contribution in [2.24, 2.45) is 0 Å². The predicted molar refractivity (Wildman–Crippen MR) is 95.1 cm³/mol. The van der Waals surface area contributed by atoms with E-state index >= 15 is 0 Å². The van der Waals surface area contributed by atoms with Crippen LogP contribution in [-0.4, -0.2) is 11.8 Å². The molecule has 2 amide bonds. The molecule has 0 heterocycles. The molecule has 0 bridgehead atoms. The molecule has 27 heavy (non-hydrogen) atoms. The van der Waals surface area contributed by atoms with Gasteiger partial charge in [0.25, 0.3) is 11.8 Å². The molecule has 0 fully saturated rings. The predicted octanol–water partition coefficient (Wildman–Crippen LogP) is 4.61. The summed E-state index contributed by atoms with van der Waals surface area (Å²) in [6.45, 7) is 0. The van der Waals surface area contributed by atoms with Crippen molar-refractivity contribution >= 4 is 23.2 Å². The highest BCUT2D eigenvalue weighted by Crippen LogP contribution is 2.15. The lowest BCUT2D eigenvalue weighted by Crippen LogP contribution is -2.14. The molecule has 0 radical (unpaired) electrons. The monoisotopic (exact) mass is 370 g/mol. The molecule has 0 aliphatic heterocycles. The summed E-state index contributed by atoms with van der Waals surface area (Å²) in [7, 11) is 0. The van der Waals surface area contributed by atoms with Gasteiger partial charge in [0.2, 0.25) is 0 Å². The van der Waals surface area contributed by atoms with Gasteiger partial charge in [-0.1, -0.05) is 0 Å². The summed E-state index contributed by atoms with van der Waals surface area (Å²) in [5.74, 6) is -3.45. The Hall–Kier alpha value is -3.61. The normalized spacial score (nSPS) is 10.3. The molecule has 0 saturated carbocycles. The van der Waals surface area contributed by atoms with Gasteiger partial charge in [-0.05, 0) is 60.7 Å². The molecule has 0 unspecified atom stereocenters. The first-order chi connectivity index (χ1) is 12.9. The van der Waals surface area contributed by atoms with Gasteiger partial charge in [0.15, 0.2) is 11.6 Å². The maximum absolute atomic E-state index is 13.2. The van der Waals surface area contributed by atoms with Crippen molar-refractivity contribution in [3.8, 4) is 0 Å². The molecule has 2 N–H and O–H groups in total. The van der Waals surface area contributed by atoms with Gasteiger partial charge in [-0.15, -0.1) is 0 Å². The molecule has 3 aromatic carbocycles. The quantitative estimate of drug-likeness (QED) is 0.705. The number of benzene rings is 3. The van der Waals surface area contributed by atoms with Gasteiger partial charge in [0.1, 0.15) is 5.82 Å². The number of halogens is 3. The summed E-state index contributed by atoms with van der Waals surface area (Å²) < 4.78 is 39.0. The Morgan fingerprint density at radius 1 is 0.593 bits per heavy atom. The number of amides is 2. The van der Waals surface area contributed by atoms with Crippen LogP contribution in [0.25, 0.3) is 0 Å². The summed E-state index contributed by atoms with van der Waals surface area (Å²) in [4.78, 5) is 24.3. The minimum Gasteiger partial charge on any atom is -0.322 e. The third kappa shape index (κ3) is 4.52. The maximum Gasteiger partial charge on any atom is 0.255 e. The zero-order valence-electron chi connectivity index (χ0n) is 13.8. The largest absolute Gasteiger partial charge is 0.322 e. The standard InChI is InChI=1S/C20H13F3N2O2/c21-14-5-7-15(8-6-14)24-19(26)12-1-3-13(4-2-12)20(27)25-16-9-10-17(22)18(23)11-16/h1-11H,(H,24,26)(H,25,27). The van der Waals surface area contributed by atoms with Crippen LogP contribution in [0.4, 0.5) is 24.5 Å². The van der Waals surface area contributed by atoms with Gasteiger partial charge in [-0.25, -0.2) is 13.2 Å². The SMILES string of the molecule is O=C(Nc1ccc(F)cc1)c1ccc(C(=O)Nc2ccc(F)c(F)c2)cc1. The molecule has 7 heteroatoms. The molecular formula is C20H13F3N2O2. The Morgan fingerprint density at radius 2 is 1.07 bits per heavy atom. The van der Waals surface area contributed by atoms with E-state index in [1.165, 1.54) is 54.6 Å². The van der Waals surface area contributed by atoms with Gasteiger partial charge >= 0.3 is 0 Å². The number of hydrogen-bond donors (Lipinski definition) is 2. The van der Waals surface area contributed by atoms with Crippen molar-refractivity contribution in [3.05, 3.63) is 95.3 Å². The van der Waals surface area contributed by atoms with E-state index in [1.54, 1.807) is 0 Å². The van der Waals surface area contributed by atoms with E-state index in [1.807, 2.05) is 0 Å². The summed E-state index contributed by atoms with van der Waals surface area (Å²) in [6, 6.07) is 14.1. The summed E-state index contributed by atoms with van der Waals surface area (Å²) >= 11 is 0. The number of nitrogens with one attached hydrogen (secondary N) is 2. The lowest BCUT2D eigenvalue weighted by Gasteiger charge is -2.08. The van der Waals surface area contributed by atoms with Crippen LogP contribution >= 0.6 is 0 Å². The zero-order valence-corrected chi connectivity index (χ0v) is 13.8. The van der Waals surface area contributed by atoms with Crippen molar-refractivity contribution in [1.82, 2.24) is 0 Å². The Labute approximate surface area is 152 Å². The molecule has 3 rings (SSSR count). The number of carbonyl (C=O) groups excluding carboxylic acids is 2. The summed E-state index contributed by atoms with van der Waals surface area (Å²) in [6.07, 6.45) is 0. The van der Waals surface area contributed by atoms with E-state index < -0.39 is 29.3 Å². The van der Waals surface area contributed by atoms with E-state index in [-0.39, 0.29) is 11.3 Å². The van der Waals surface area contributed by atoms with Crippen LogP contribution < -0.4 is 10.6 Å². The fraction of sp³-hybridized carbons (Fsp3) is 0. The molecule has 0 saturated heterocycles. The van der Waals surface area contributed by atoms with Gasteiger partial charge in [-0.2, -0.15) is 0 Å². The van der Waals surface area contributed by atoms with Crippen molar-refractivity contribution in [2.45, 2.75) is 0 Å². The molecule has 0 atom stereocenters. The van der Waals surface area contributed by atoms with Crippen LogP contribution in [0.15, 0.2) is 66.7 Å². The minimum absolute atomic E-state index is 0.108. The second-order valence-corrected chi connectivity index (χ2v) is 5.62. The van der Waals surface area contributed by atoms with Crippen LogP contribution in [0.1, 0.15) is 20.7 Å². The highest BCUT2D eigenvalue weighted by Gasteiger charge is 2.11. The van der Waals surface area contributed by atoms with Crippen LogP contribution in [0.5, 0.6) is 0 Å². The number of rotatable bonds is 4. The van der Waals surface area contributed by atoms with Gasteiger partial charge < -0.3 is 10.6 Å². The van der Waals surface area contributed by atoms with E-state index in [0.29, 0.717) is 11.3 Å². The van der Waals surface area contributed by atoms with Crippen molar-refractivity contribution in [2.75, 3.05) is 10.6 Å². The molecule has 0 aliphatic carbocycles. The average Bonchev–Trinajstić information content (AvgIpc) is 2.66. The third-order valence-electron chi connectivity index (χ3n) is 3.69. The zero-order chi connectivity index (χ0) is 19.4. The third-order valence-corrected chi connectivity index (χ3v) is 3.69. The Kier molecular flexibility index (Phi) is 5.21. The average molecular weight is 370 g/mol. The van der Waals surface area contributed by atoms with Crippen LogP contribution in [0.3, 0.4) is 0 Å². The Bertz CT molecular complexity index is 987. The molecule has 0 spiro atoms. The van der Waals surface area contributed by atoms with E-state index in [4.69, 9.17) is 0 Å². The molecule has 3 aromatic rings. The van der Waals surface area contributed by atoms with Crippen LogP contribution in [0, 0.1) is 17.5 Å². The molecule has 4 nitrogen and oxygen atoms in total. The van der Waals surface area contributed by atoms with Gasteiger partial charge in [0.05, 0.1) is 0 Å². The minimum atomic E-state index is -1.07. The Morgan fingerprint density at radius 3 is 1.59 bits per heavy atom. The van der Waals surface area contributed by atoms with Crippen LogP contribution in [0.2, 0.25) is 0 Å². The smallest absolute Gasteiger partial charge is 0.255 e. The van der Waals surface area contributed by atoms with E-state index in [0.717, 1.165) is 12.1 Å². The van der Waals surface area contributed by atoms with Crippen molar-refractivity contribution < 1.29 is 22.8 Å². The lowest BCUT2D eigenvalue weighted by atomic mass is 10.1. The lowest BCUT2D eigenvalue weighted by molar-refractivity contribution is 0.101. The summed E-state index contributed by atoms with van der Waals surface area (Å²) in [5.41, 5.74) is 1.07. The highest BCUT2D eigenvalue weighted by atomic mass is 19.2. The maximum atomic E-state index is 13.2. The topological polar surface area (TPSA) is 58.2 Å². The van der Waals surface area contributed by atoms with Crippen LogP contribution in [-0.2, 0) is 0 Å². The fourth-order valence-electron chi connectivity index (χ4n) is 2.29. The Balaban J connectivity index is 1.66. The second kappa shape index (κ2) is 7.74. The summed E-state index contributed by atoms with van der Waals surface area (Å²) in [5, 5.41) is 5.04. The number of hydrogen-bond acceptors (Lipinski definition) is 2. The van der Waals surface area contributed by atoms with E-state index in [9.17, 15) is 22.8 Å². The van der Waals surface area contributed by atoms with Crippen molar-refractivity contribution in [3.63, 3.8) is 0 Å². The molecule has 0 aliphatic rings. The van der Waals surface area contributed by atoms with E-state index in [2.05, 4.69) is 10.6 Å². The first-order valence-corrected chi connectivity index (χ1v) is 7.86. The molecule has 0 aromatic heterocycles. The van der Waals surface area contributed by atoms with Crippen molar-refractivity contribution in [1.29, 1.82) is 0 Å². The number of anilines is 2. The first kappa shape index (κ1) is 18.2. The number of carbonyl (C=O) groups is 2. The highest BCUT2D eigenvalue weighted by molar-refractivity contribution is 6.07. The molecular weight excluding hydrogens is 357 g/mol. The molecule has 136 valence electrons. The van der Waals surface area contributed by atoms with Gasteiger partial charge in [0, 0.05) is 28.6 Å². The fourth-order valence-corrected chi connectivity index (χ4v) is 2.29. The second-order valence-electron chi connectivity index (χ2n) is 5.62. The first-order valence-electron chi connectivity index (χ1n) is 7.86.